The standard InChI is InChI=1S/C29H38N6O2/c1-34(2)27-24-10-6-7-11-25(24)32-29(33-27)31-23-14-12-21(13-15-23)18-30-28(36)26-20-35(16-17-37-26)19-22-8-4-3-5-9-22/h3-11,21,23,26H,12-20H2,1-2H3,(H,30,36)(H,31,32,33)/t21-,23+,26?. The summed E-state index contributed by atoms with van der Waals surface area (Å²) in [6, 6.07) is 18.9. The van der Waals surface area contributed by atoms with Crippen LogP contribution in [-0.4, -0.2) is 73.3 Å². The van der Waals surface area contributed by atoms with Crippen molar-refractivity contribution in [3.63, 3.8) is 0 Å². The minimum Gasteiger partial charge on any atom is -0.366 e. The summed E-state index contributed by atoms with van der Waals surface area (Å²) in [4.78, 5) is 26.7. The number of benzene rings is 2. The molecule has 0 bridgehead atoms. The molecule has 5 rings (SSSR count). The van der Waals surface area contributed by atoms with Crippen LogP contribution in [0.1, 0.15) is 31.2 Å². The van der Waals surface area contributed by atoms with Gasteiger partial charge < -0.3 is 20.3 Å². The molecule has 1 saturated carbocycles. The maximum Gasteiger partial charge on any atom is 0.250 e. The lowest BCUT2D eigenvalue weighted by Crippen LogP contribution is -2.50. The third kappa shape index (κ3) is 6.56. The molecule has 1 aromatic heterocycles. The SMILES string of the molecule is CN(C)c1nc(N[C@H]2CC[C@@H](CNC(=O)C3CN(Cc4ccccc4)CCO3)CC2)nc2ccccc12. The molecule has 2 fully saturated rings. The molecule has 2 aliphatic rings. The van der Waals surface area contributed by atoms with Crippen molar-refractivity contribution in [3.8, 4) is 0 Å². The average Bonchev–Trinajstić information content (AvgIpc) is 2.92. The van der Waals surface area contributed by atoms with Crippen molar-refractivity contribution in [3.05, 3.63) is 60.2 Å². The Morgan fingerprint density at radius 1 is 1.03 bits per heavy atom. The van der Waals surface area contributed by atoms with Gasteiger partial charge in [0.2, 0.25) is 11.9 Å². The van der Waals surface area contributed by atoms with Crippen LogP contribution in [0.3, 0.4) is 0 Å². The maximum absolute atomic E-state index is 12.8. The number of rotatable bonds is 8. The Hall–Kier alpha value is -3.23. The van der Waals surface area contributed by atoms with Crippen LogP contribution in [0.4, 0.5) is 11.8 Å². The Balaban J connectivity index is 1.08. The van der Waals surface area contributed by atoms with Crippen molar-refractivity contribution in [1.29, 1.82) is 0 Å². The Labute approximate surface area is 219 Å². The second-order valence-corrected chi connectivity index (χ2v) is 10.5. The Morgan fingerprint density at radius 2 is 1.78 bits per heavy atom. The van der Waals surface area contributed by atoms with Gasteiger partial charge in [-0.1, -0.05) is 42.5 Å². The van der Waals surface area contributed by atoms with Crippen molar-refractivity contribution in [1.82, 2.24) is 20.2 Å². The fourth-order valence-corrected chi connectivity index (χ4v) is 5.36. The van der Waals surface area contributed by atoms with Crippen LogP contribution in [0.2, 0.25) is 0 Å². The Kier molecular flexibility index (Phi) is 8.16. The lowest BCUT2D eigenvalue weighted by atomic mass is 9.86. The molecule has 2 heterocycles. The number of nitrogens with zero attached hydrogens (tertiary/aromatic N) is 4. The van der Waals surface area contributed by atoms with Gasteiger partial charge in [-0.2, -0.15) is 4.98 Å². The van der Waals surface area contributed by atoms with E-state index in [1.165, 1.54) is 5.56 Å². The van der Waals surface area contributed by atoms with E-state index in [1.807, 2.05) is 43.3 Å². The van der Waals surface area contributed by atoms with E-state index < -0.39 is 6.10 Å². The van der Waals surface area contributed by atoms with Crippen molar-refractivity contribution in [2.75, 3.05) is 50.6 Å². The van der Waals surface area contributed by atoms with E-state index in [4.69, 9.17) is 14.7 Å². The third-order valence-corrected chi connectivity index (χ3v) is 7.44. The van der Waals surface area contributed by atoms with Gasteiger partial charge in [-0.15, -0.1) is 0 Å². The van der Waals surface area contributed by atoms with Gasteiger partial charge in [0.05, 0.1) is 12.1 Å². The quantitative estimate of drug-likeness (QED) is 0.486. The summed E-state index contributed by atoms with van der Waals surface area (Å²) < 4.78 is 5.81. The molecule has 3 aromatic rings. The number of carbonyl (C=O) groups excluding carboxylic acids is 1. The van der Waals surface area contributed by atoms with Gasteiger partial charge in [0.15, 0.2) is 0 Å². The van der Waals surface area contributed by atoms with Gasteiger partial charge in [0.1, 0.15) is 11.9 Å². The molecule has 1 atom stereocenters. The highest BCUT2D eigenvalue weighted by Gasteiger charge is 2.28. The van der Waals surface area contributed by atoms with Gasteiger partial charge >= 0.3 is 0 Å². The number of morpholine rings is 1. The van der Waals surface area contributed by atoms with Crippen molar-refractivity contribution in [2.45, 2.75) is 44.4 Å². The van der Waals surface area contributed by atoms with E-state index in [0.717, 1.165) is 55.5 Å². The second kappa shape index (κ2) is 11.9. The van der Waals surface area contributed by atoms with Gasteiger partial charge in [-0.05, 0) is 49.3 Å². The molecule has 37 heavy (non-hydrogen) atoms. The van der Waals surface area contributed by atoms with Crippen molar-refractivity contribution >= 4 is 28.6 Å². The lowest BCUT2D eigenvalue weighted by Gasteiger charge is -2.33. The molecule has 196 valence electrons. The molecule has 2 aromatic carbocycles. The van der Waals surface area contributed by atoms with Crippen LogP contribution >= 0.6 is 0 Å². The average molecular weight is 503 g/mol. The fraction of sp³-hybridized carbons (Fsp3) is 0.483. The molecule has 8 nitrogen and oxygen atoms in total. The van der Waals surface area contributed by atoms with E-state index in [1.54, 1.807) is 0 Å². The first-order valence-electron chi connectivity index (χ1n) is 13.4. The Bertz CT molecular complexity index is 1180. The molecule has 1 unspecified atom stereocenters. The first kappa shape index (κ1) is 25.4. The summed E-state index contributed by atoms with van der Waals surface area (Å²) in [5.41, 5.74) is 2.22. The molecule has 1 aliphatic heterocycles. The van der Waals surface area contributed by atoms with Gasteiger partial charge in [-0.3, -0.25) is 9.69 Å². The van der Waals surface area contributed by atoms with Gasteiger partial charge in [0, 0.05) is 51.7 Å². The summed E-state index contributed by atoms with van der Waals surface area (Å²) in [6.07, 6.45) is 3.82. The van der Waals surface area contributed by atoms with E-state index in [-0.39, 0.29) is 5.91 Å². The largest absolute Gasteiger partial charge is 0.366 e. The number of nitrogens with one attached hydrogen (secondary N) is 2. The minimum atomic E-state index is -0.397. The molecule has 2 N–H and O–H groups in total. The highest BCUT2D eigenvalue weighted by molar-refractivity contribution is 5.90. The van der Waals surface area contributed by atoms with Crippen LogP contribution in [0.25, 0.3) is 10.9 Å². The number of ether oxygens (including phenoxy) is 1. The smallest absolute Gasteiger partial charge is 0.250 e. The van der Waals surface area contributed by atoms with Gasteiger partial charge in [0.25, 0.3) is 0 Å². The number of amides is 1. The highest BCUT2D eigenvalue weighted by atomic mass is 16.5. The Morgan fingerprint density at radius 3 is 2.57 bits per heavy atom. The van der Waals surface area contributed by atoms with Crippen LogP contribution in [0, 0.1) is 5.92 Å². The summed E-state index contributed by atoms with van der Waals surface area (Å²) in [5.74, 6) is 2.12. The predicted octanol–water partition coefficient (Wildman–Crippen LogP) is 3.68. The first-order valence-corrected chi connectivity index (χ1v) is 13.4. The molecule has 1 amide bonds. The molecule has 0 radical (unpaired) electrons. The number of aromatic nitrogens is 2. The number of hydrogen-bond acceptors (Lipinski definition) is 7. The number of fused-ring (bicyclic) bond motifs is 1. The zero-order valence-electron chi connectivity index (χ0n) is 21.9. The summed E-state index contributed by atoms with van der Waals surface area (Å²) in [5, 5.41) is 7.80. The predicted molar refractivity (Wildman–Crippen MR) is 148 cm³/mol. The number of anilines is 2. The molecule has 1 aliphatic carbocycles. The zero-order valence-corrected chi connectivity index (χ0v) is 21.9. The number of hydrogen-bond donors (Lipinski definition) is 2. The summed E-state index contributed by atoms with van der Waals surface area (Å²) in [7, 11) is 4.02. The van der Waals surface area contributed by atoms with E-state index in [2.05, 4.69) is 45.9 Å². The van der Waals surface area contributed by atoms with E-state index in [0.29, 0.717) is 37.6 Å². The third-order valence-electron chi connectivity index (χ3n) is 7.44. The number of carbonyl (C=O) groups is 1. The maximum atomic E-state index is 12.8. The normalized spacial score (nSPS) is 22.5. The van der Waals surface area contributed by atoms with Crippen LogP contribution in [0.15, 0.2) is 54.6 Å². The van der Waals surface area contributed by atoms with Crippen LogP contribution < -0.4 is 15.5 Å². The molecule has 0 spiro atoms. The first-order chi connectivity index (χ1) is 18.0. The second-order valence-electron chi connectivity index (χ2n) is 10.5. The molecular weight excluding hydrogens is 464 g/mol. The fourth-order valence-electron chi connectivity index (χ4n) is 5.36. The van der Waals surface area contributed by atoms with E-state index >= 15 is 0 Å². The van der Waals surface area contributed by atoms with Crippen molar-refractivity contribution in [2.24, 2.45) is 5.92 Å². The topological polar surface area (TPSA) is 82.6 Å². The molecule has 8 heteroatoms. The minimum absolute atomic E-state index is 0.0128. The number of para-hydroxylation sites is 1. The van der Waals surface area contributed by atoms with Crippen LogP contribution in [0.5, 0.6) is 0 Å². The lowest BCUT2D eigenvalue weighted by molar-refractivity contribution is -0.139. The summed E-state index contributed by atoms with van der Waals surface area (Å²) in [6.45, 7) is 3.64. The van der Waals surface area contributed by atoms with Crippen LogP contribution in [-0.2, 0) is 16.1 Å². The summed E-state index contributed by atoms with van der Waals surface area (Å²) >= 11 is 0. The van der Waals surface area contributed by atoms with E-state index in [9.17, 15) is 4.79 Å². The zero-order chi connectivity index (χ0) is 25.6. The van der Waals surface area contributed by atoms with Gasteiger partial charge in [-0.25, -0.2) is 4.98 Å². The highest BCUT2D eigenvalue weighted by Crippen LogP contribution is 2.28. The molecule has 1 saturated heterocycles. The monoisotopic (exact) mass is 502 g/mol. The van der Waals surface area contributed by atoms with Crippen molar-refractivity contribution < 1.29 is 9.53 Å². The molecular formula is C29H38N6O2.